The van der Waals surface area contributed by atoms with Gasteiger partial charge in [-0.15, -0.1) is 0 Å². The zero-order valence-electron chi connectivity index (χ0n) is 17.9. The number of hydrogen-bond donors (Lipinski definition) is 2. The third-order valence-corrected chi connectivity index (χ3v) is 7.02. The Morgan fingerprint density at radius 1 is 1.31 bits per heavy atom. The van der Waals surface area contributed by atoms with Crippen LogP contribution in [-0.4, -0.2) is 30.3 Å². The molecule has 192 valence electrons. The topological polar surface area (TPSA) is 134 Å². The highest BCUT2D eigenvalue weighted by Crippen LogP contribution is 2.61. The molecule has 0 saturated heterocycles. The molecule has 0 aromatic carbocycles. The molecule has 16 heteroatoms. The molecule has 9 nitrogen and oxygen atoms in total. The van der Waals surface area contributed by atoms with E-state index in [0.717, 1.165) is 6.07 Å². The second-order valence-corrected chi connectivity index (χ2v) is 10.6. The Bertz CT molecular complexity index is 1300. The van der Waals surface area contributed by atoms with Gasteiger partial charge in [-0.2, -0.15) is 36.2 Å². The molecular weight excluding hydrogens is 508 g/mol. The van der Waals surface area contributed by atoms with E-state index in [1.165, 1.54) is 6.92 Å². The standard InChI is InChI=1S/C19H19F6N5O4S/c1-17(7-11(17)18(20,21)22)8-29-15(13(19(23,24)25)14(28-29)9-2-3-9)16(31)27-10-4-5-30(32)12(6-10)35(26,33)34/h4-6,9,11H,2-3,7-8H2,1H3,(H,27,31)(H2,26,33,34). The molecule has 2 atom stereocenters. The number of alkyl halides is 6. The number of nitrogens with two attached hydrogens (primary N) is 1. The summed E-state index contributed by atoms with van der Waals surface area (Å²) >= 11 is 0. The van der Waals surface area contributed by atoms with Crippen LogP contribution >= 0.6 is 0 Å². The predicted octanol–water partition coefficient (Wildman–Crippen LogP) is 2.90. The fraction of sp³-hybridized carbons (Fsp3) is 0.526. The van der Waals surface area contributed by atoms with Gasteiger partial charge in [0.05, 0.1) is 17.3 Å². The summed E-state index contributed by atoms with van der Waals surface area (Å²) in [4.78, 5) is 13.0. The molecule has 2 heterocycles. The summed E-state index contributed by atoms with van der Waals surface area (Å²) in [7, 11) is -4.54. The predicted molar refractivity (Wildman–Crippen MR) is 106 cm³/mol. The minimum absolute atomic E-state index is 0.118. The van der Waals surface area contributed by atoms with Crippen LogP contribution in [0.3, 0.4) is 0 Å². The Kier molecular flexibility index (Phi) is 5.63. The molecule has 2 aliphatic rings. The van der Waals surface area contributed by atoms with E-state index in [-0.39, 0.29) is 16.8 Å². The van der Waals surface area contributed by atoms with E-state index in [1.54, 1.807) is 0 Å². The molecule has 2 unspecified atom stereocenters. The van der Waals surface area contributed by atoms with Crippen molar-refractivity contribution >= 4 is 21.6 Å². The van der Waals surface area contributed by atoms with Gasteiger partial charge in [-0.05, 0) is 24.7 Å². The van der Waals surface area contributed by atoms with E-state index in [0.29, 0.717) is 29.8 Å². The van der Waals surface area contributed by atoms with Gasteiger partial charge in [-0.1, -0.05) is 6.92 Å². The molecule has 2 aromatic heterocycles. The number of nitrogens with one attached hydrogen (secondary N) is 1. The number of carbonyl (C=O) groups excluding carboxylic acids is 1. The Morgan fingerprint density at radius 3 is 2.43 bits per heavy atom. The molecular formula is C19H19F6N5O4S. The van der Waals surface area contributed by atoms with Crippen LogP contribution in [0.4, 0.5) is 32.0 Å². The molecule has 0 radical (unpaired) electrons. The van der Waals surface area contributed by atoms with Gasteiger partial charge < -0.3 is 10.5 Å². The van der Waals surface area contributed by atoms with Gasteiger partial charge in [-0.25, -0.2) is 13.6 Å². The molecule has 3 N–H and O–H groups in total. The number of aromatic nitrogens is 3. The Balaban J connectivity index is 1.76. The zero-order valence-corrected chi connectivity index (χ0v) is 18.8. The minimum Gasteiger partial charge on any atom is -0.618 e. The van der Waals surface area contributed by atoms with Crippen molar-refractivity contribution in [3.8, 4) is 0 Å². The summed E-state index contributed by atoms with van der Waals surface area (Å²) < 4.78 is 105. The van der Waals surface area contributed by atoms with Crippen LogP contribution in [-0.2, 0) is 22.7 Å². The monoisotopic (exact) mass is 527 g/mol. The minimum atomic E-state index is -5.04. The lowest BCUT2D eigenvalue weighted by Gasteiger charge is -2.17. The number of sulfonamides is 1. The molecule has 2 saturated carbocycles. The highest BCUT2D eigenvalue weighted by Gasteiger charge is 2.64. The molecule has 2 aromatic rings. The van der Waals surface area contributed by atoms with Crippen LogP contribution in [0.2, 0.25) is 0 Å². The van der Waals surface area contributed by atoms with Gasteiger partial charge in [0.15, 0.2) is 6.20 Å². The fourth-order valence-corrected chi connectivity index (χ4v) is 4.73. The van der Waals surface area contributed by atoms with Gasteiger partial charge in [0.2, 0.25) is 0 Å². The first-order chi connectivity index (χ1) is 15.9. The normalized spacial score (nSPS) is 22.8. The summed E-state index contributed by atoms with van der Waals surface area (Å²) in [6.45, 7) is 0.661. The van der Waals surface area contributed by atoms with Crippen molar-refractivity contribution in [3.05, 3.63) is 40.5 Å². The highest BCUT2D eigenvalue weighted by molar-refractivity contribution is 7.89. The van der Waals surface area contributed by atoms with Crippen LogP contribution < -0.4 is 15.2 Å². The van der Waals surface area contributed by atoms with E-state index < -0.39 is 74.1 Å². The van der Waals surface area contributed by atoms with E-state index >= 15 is 0 Å². The zero-order chi connectivity index (χ0) is 26.1. The third kappa shape index (κ3) is 4.94. The molecule has 2 fully saturated rings. The first-order valence-electron chi connectivity index (χ1n) is 10.2. The lowest BCUT2D eigenvalue weighted by atomic mass is 10.1. The lowest BCUT2D eigenvalue weighted by Crippen LogP contribution is -2.36. The van der Waals surface area contributed by atoms with Crippen molar-refractivity contribution in [1.82, 2.24) is 9.78 Å². The van der Waals surface area contributed by atoms with E-state index in [1.807, 2.05) is 0 Å². The van der Waals surface area contributed by atoms with Crippen molar-refractivity contribution in [2.75, 3.05) is 5.32 Å². The lowest BCUT2D eigenvalue weighted by molar-refractivity contribution is -0.646. The Labute approximate surface area is 194 Å². The van der Waals surface area contributed by atoms with Crippen LogP contribution in [0.1, 0.15) is 53.8 Å². The quantitative estimate of drug-likeness (QED) is 0.339. The molecule has 1 amide bonds. The van der Waals surface area contributed by atoms with Crippen LogP contribution in [0.15, 0.2) is 23.4 Å². The Hall–Kier alpha value is -2.88. The van der Waals surface area contributed by atoms with Crippen LogP contribution in [0.25, 0.3) is 0 Å². The van der Waals surface area contributed by atoms with E-state index in [2.05, 4.69) is 10.4 Å². The maximum Gasteiger partial charge on any atom is 0.420 e. The van der Waals surface area contributed by atoms with Crippen molar-refractivity contribution in [3.63, 3.8) is 0 Å². The van der Waals surface area contributed by atoms with E-state index in [9.17, 15) is 44.8 Å². The van der Waals surface area contributed by atoms with Crippen molar-refractivity contribution in [2.45, 2.75) is 56.0 Å². The number of hydrogen-bond acceptors (Lipinski definition) is 5. The fourth-order valence-electron chi connectivity index (χ4n) is 4.12. The molecule has 2 aliphatic carbocycles. The average Bonchev–Trinajstić information content (AvgIpc) is 3.59. The van der Waals surface area contributed by atoms with Crippen molar-refractivity contribution in [2.24, 2.45) is 16.5 Å². The van der Waals surface area contributed by atoms with Gasteiger partial charge in [-0.3, -0.25) is 9.48 Å². The second-order valence-electron chi connectivity index (χ2n) is 9.07. The summed E-state index contributed by atoms with van der Waals surface area (Å²) in [5.74, 6) is -3.73. The van der Waals surface area contributed by atoms with Crippen LogP contribution in [0.5, 0.6) is 0 Å². The Morgan fingerprint density at radius 2 is 1.94 bits per heavy atom. The molecule has 35 heavy (non-hydrogen) atoms. The largest absolute Gasteiger partial charge is 0.618 e. The first-order valence-corrected chi connectivity index (χ1v) is 11.8. The highest BCUT2D eigenvalue weighted by atomic mass is 32.2. The first kappa shape index (κ1) is 25.2. The van der Waals surface area contributed by atoms with Gasteiger partial charge in [0, 0.05) is 24.6 Å². The number of nitrogens with zero attached hydrogens (tertiary/aromatic N) is 3. The van der Waals surface area contributed by atoms with E-state index in [4.69, 9.17) is 5.14 Å². The van der Waals surface area contributed by atoms with Gasteiger partial charge in [0.1, 0.15) is 11.3 Å². The maximum absolute atomic E-state index is 14.0. The maximum atomic E-state index is 14.0. The summed E-state index contributed by atoms with van der Waals surface area (Å²) in [5.41, 5.74) is -4.60. The number of amides is 1. The van der Waals surface area contributed by atoms with Crippen LogP contribution in [0, 0.1) is 16.5 Å². The third-order valence-electron chi connectivity index (χ3n) is 6.13. The second kappa shape index (κ2) is 7.81. The molecule has 0 aliphatic heterocycles. The summed E-state index contributed by atoms with van der Waals surface area (Å²) in [6, 6.07) is 1.58. The number of pyridine rings is 1. The number of carbonyl (C=O) groups is 1. The van der Waals surface area contributed by atoms with Gasteiger partial charge in [0.25, 0.3) is 15.9 Å². The molecule has 4 rings (SSSR count). The summed E-state index contributed by atoms with van der Waals surface area (Å²) in [5, 5.41) is 21.6. The van der Waals surface area contributed by atoms with Crippen molar-refractivity contribution < 1.29 is 44.3 Å². The molecule has 0 bridgehead atoms. The van der Waals surface area contributed by atoms with Gasteiger partial charge >= 0.3 is 17.4 Å². The SMILES string of the molecule is CC1(Cn2nc(C3CC3)c(C(F)(F)F)c2C(=O)Nc2cc[n+]([O-])c(S(N)(=O)=O)c2)CC1C(F)(F)F. The molecule has 0 spiro atoms. The van der Waals surface area contributed by atoms with Crippen molar-refractivity contribution in [1.29, 1.82) is 0 Å². The number of anilines is 1. The number of halogens is 6. The number of rotatable bonds is 6. The smallest absolute Gasteiger partial charge is 0.420 e. The summed E-state index contributed by atoms with van der Waals surface area (Å²) in [6.07, 6.45) is -8.51. The average molecular weight is 527 g/mol. The number of primary sulfonamides is 1.